The molecule has 4 aromatic rings. The molecule has 202 valence electrons. The summed E-state index contributed by atoms with van der Waals surface area (Å²) in [6.45, 7) is 5.18. The van der Waals surface area contributed by atoms with Crippen LogP contribution in [0.4, 0.5) is 15.8 Å². The predicted molar refractivity (Wildman–Crippen MR) is 151 cm³/mol. The van der Waals surface area contributed by atoms with Crippen LogP contribution in [0.2, 0.25) is 0 Å². The Labute approximate surface area is 228 Å². The average Bonchev–Trinajstić information content (AvgIpc) is 2.95. The van der Waals surface area contributed by atoms with E-state index in [9.17, 15) is 9.18 Å². The van der Waals surface area contributed by atoms with Gasteiger partial charge >= 0.3 is 5.97 Å². The number of nitrogens with zero attached hydrogens (tertiary/aromatic N) is 1. The predicted octanol–water partition coefficient (Wildman–Crippen LogP) is 6.56. The molecule has 0 radical (unpaired) electrons. The van der Waals surface area contributed by atoms with Crippen molar-refractivity contribution in [1.29, 1.82) is 0 Å². The first-order valence-electron chi connectivity index (χ1n) is 13.3. The first-order chi connectivity index (χ1) is 19.0. The van der Waals surface area contributed by atoms with E-state index in [1.807, 2.05) is 29.2 Å². The van der Waals surface area contributed by atoms with E-state index in [2.05, 4.69) is 54.7 Å². The van der Waals surface area contributed by atoms with E-state index in [0.717, 1.165) is 24.4 Å². The molecule has 0 bridgehead atoms. The van der Waals surface area contributed by atoms with Gasteiger partial charge in [-0.1, -0.05) is 54.6 Å². The van der Waals surface area contributed by atoms with Gasteiger partial charge in [-0.25, -0.2) is 9.18 Å². The lowest BCUT2D eigenvalue weighted by atomic mass is 9.99. The summed E-state index contributed by atoms with van der Waals surface area (Å²) in [5.74, 6) is 0.0704. The lowest BCUT2D eigenvalue weighted by molar-refractivity contribution is -0.145. The minimum atomic E-state index is -0.495. The van der Waals surface area contributed by atoms with E-state index in [4.69, 9.17) is 14.2 Å². The lowest BCUT2D eigenvalue weighted by Gasteiger charge is -2.36. The molecular formula is C32H33FN2O4. The SMILES string of the molecule is CCOC(=O)COc1cc(F)cc(N2CC(CCNC(C)c3cccc4ccccc34)Oc3ccccc32)c1. The van der Waals surface area contributed by atoms with Crippen LogP contribution in [-0.2, 0) is 9.53 Å². The Balaban J connectivity index is 1.29. The highest BCUT2D eigenvalue weighted by molar-refractivity contribution is 5.86. The van der Waals surface area contributed by atoms with Crippen LogP contribution < -0.4 is 19.7 Å². The summed E-state index contributed by atoms with van der Waals surface area (Å²) in [6.07, 6.45) is 0.654. The number of carbonyl (C=O) groups excluding carboxylic acids is 1. The van der Waals surface area contributed by atoms with Crippen molar-refractivity contribution in [2.24, 2.45) is 0 Å². The summed E-state index contributed by atoms with van der Waals surface area (Å²) in [4.78, 5) is 13.8. The Morgan fingerprint density at radius 2 is 1.87 bits per heavy atom. The lowest BCUT2D eigenvalue weighted by Crippen LogP contribution is -2.39. The van der Waals surface area contributed by atoms with Crippen LogP contribution in [0.15, 0.2) is 84.9 Å². The highest BCUT2D eigenvalue weighted by Crippen LogP contribution is 2.39. The van der Waals surface area contributed by atoms with Crippen LogP contribution in [0.25, 0.3) is 10.8 Å². The third kappa shape index (κ3) is 6.32. The van der Waals surface area contributed by atoms with E-state index >= 15 is 0 Å². The van der Waals surface area contributed by atoms with Gasteiger partial charge in [0.15, 0.2) is 6.61 Å². The first kappa shape index (κ1) is 26.5. The molecule has 2 atom stereocenters. The van der Waals surface area contributed by atoms with E-state index in [-0.39, 0.29) is 31.1 Å². The van der Waals surface area contributed by atoms with Gasteiger partial charge in [-0.2, -0.15) is 0 Å². The second-order valence-electron chi connectivity index (χ2n) is 9.59. The van der Waals surface area contributed by atoms with Gasteiger partial charge in [0, 0.05) is 23.9 Å². The summed E-state index contributed by atoms with van der Waals surface area (Å²) >= 11 is 0. The summed E-state index contributed by atoms with van der Waals surface area (Å²) < 4.78 is 31.4. The monoisotopic (exact) mass is 528 g/mol. The Kier molecular flexibility index (Phi) is 8.27. The van der Waals surface area contributed by atoms with E-state index in [1.54, 1.807) is 13.0 Å². The second kappa shape index (κ2) is 12.2. The number of fused-ring (bicyclic) bond motifs is 2. The quantitative estimate of drug-likeness (QED) is 0.235. The minimum absolute atomic E-state index is 0.112. The van der Waals surface area contributed by atoms with Crippen molar-refractivity contribution in [2.75, 3.05) is 31.2 Å². The smallest absolute Gasteiger partial charge is 0.344 e. The van der Waals surface area contributed by atoms with Gasteiger partial charge in [-0.3, -0.25) is 0 Å². The van der Waals surface area contributed by atoms with E-state index < -0.39 is 11.8 Å². The number of nitrogens with one attached hydrogen (secondary N) is 1. The van der Waals surface area contributed by atoms with Crippen molar-refractivity contribution in [3.8, 4) is 11.5 Å². The van der Waals surface area contributed by atoms with Gasteiger partial charge in [0.25, 0.3) is 0 Å². The minimum Gasteiger partial charge on any atom is -0.486 e. The molecule has 0 fully saturated rings. The van der Waals surface area contributed by atoms with Crippen molar-refractivity contribution in [3.63, 3.8) is 0 Å². The van der Waals surface area contributed by atoms with Gasteiger partial charge in [0.1, 0.15) is 23.4 Å². The highest BCUT2D eigenvalue weighted by Gasteiger charge is 2.27. The molecule has 1 heterocycles. The van der Waals surface area contributed by atoms with Gasteiger partial charge in [-0.05, 0) is 61.3 Å². The van der Waals surface area contributed by atoms with Crippen molar-refractivity contribution < 1.29 is 23.4 Å². The molecule has 1 N–H and O–H groups in total. The molecule has 4 aromatic carbocycles. The fourth-order valence-corrected chi connectivity index (χ4v) is 5.02. The van der Waals surface area contributed by atoms with Gasteiger partial charge in [-0.15, -0.1) is 0 Å². The topological polar surface area (TPSA) is 60.0 Å². The van der Waals surface area contributed by atoms with Crippen LogP contribution in [0.1, 0.15) is 31.9 Å². The number of benzene rings is 4. The maximum atomic E-state index is 14.6. The standard InChI is InChI=1S/C32H33FN2O4/c1-3-37-32(36)21-38-27-18-24(33)17-25(19-27)35-20-26(39-31-14-7-6-13-30(31)35)15-16-34-22(2)28-12-8-10-23-9-4-5-11-29(23)28/h4-14,17-19,22,26,34H,3,15-16,20-21H2,1-2H3. The van der Waals surface area contributed by atoms with Crippen LogP contribution in [-0.4, -0.2) is 38.4 Å². The summed E-state index contributed by atoms with van der Waals surface area (Å²) in [5.41, 5.74) is 2.75. The number of carbonyl (C=O) groups is 1. The zero-order valence-electron chi connectivity index (χ0n) is 22.2. The third-order valence-electron chi connectivity index (χ3n) is 6.87. The molecule has 7 heteroatoms. The number of para-hydroxylation sites is 2. The number of rotatable bonds is 10. The molecule has 2 unspecified atom stereocenters. The number of anilines is 2. The zero-order valence-corrected chi connectivity index (χ0v) is 22.2. The van der Waals surface area contributed by atoms with Crippen LogP contribution in [0.5, 0.6) is 11.5 Å². The van der Waals surface area contributed by atoms with Crippen molar-refractivity contribution in [3.05, 3.63) is 96.3 Å². The summed E-state index contributed by atoms with van der Waals surface area (Å²) in [5, 5.41) is 6.13. The normalized spacial score (nSPS) is 15.4. The molecule has 6 nitrogen and oxygen atoms in total. The number of hydrogen-bond acceptors (Lipinski definition) is 6. The molecule has 1 aliphatic rings. The maximum absolute atomic E-state index is 14.6. The van der Waals surface area contributed by atoms with Crippen molar-refractivity contribution in [1.82, 2.24) is 5.32 Å². The van der Waals surface area contributed by atoms with Crippen LogP contribution >= 0.6 is 0 Å². The molecule has 0 amide bonds. The molecule has 0 aliphatic carbocycles. The van der Waals surface area contributed by atoms with Gasteiger partial charge in [0.05, 0.1) is 18.8 Å². The molecule has 0 saturated heterocycles. The Hall–Kier alpha value is -4.10. The van der Waals surface area contributed by atoms with E-state index in [0.29, 0.717) is 12.2 Å². The zero-order chi connectivity index (χ0) is 27.2. The number of halogens is 1. The molecule has 0 aromatic heterocycles. The average molecular weight is 529 g/mol. The van der Waals surface area contributed by atoms with Crippen LogP contribution in [0.3, 0.4) is 0 Å². The Morgan fingerprint density at radius 1 is 1.08 bits per heavy atom. The fraction of sp³-hybridized carbons (Fsp3) is 0.281. The van der Waals surface area contributed by atoms with E-state index in [1.165, 1.54) is 28.5 Å². The molecule has 5 rings (SSSR count). The van der Waals surface area contributed by atoms with Crippen LogP contribution in [0, 0.1) is 5.82 Å². The summed E-state index contributed by atoms with van der Waals surface area (Å²) in [6, 6.07) is 27.2. The molecule has 0 saturated carbocycles. The molecule has 39 heavy (non-hydrogen) atoms. The maximum Gasteiger partial charge on any atom is 0.344 e. The molecule has 1 aliphatic heterocycles. The number of esters is 1. The summed E-state index contributed by atoms with van der Waals surface area (Å²) in [7, 11) is 0. The third-order valence-corrected chi connectivity index (χ3v) is 6.87. The second-order valence-corrected chi connectivity index (χ2v) is 9.59. The Bertz CT molecular complexity index is 1440. The van der Waals surface area contributed by atoms with Gasteiger partial charge < -0.3 is 24.4 Å². The number of hydrogen-bond donors (Lipinski definition) is 1. The molecule has 0 spiro atoms. The first-order valence-corrected chi connectivity index (χ1v) is 13.3. The van der Waals surface area contributed by atoms with Crippen molar-refractivity contribution in [2.45, 2.75) is 32.4 Å². The Morgan fingerprint density at radius 3 is 2.74 bits per heavy atom. The van der Waals surface area contributed by atoms with Crippen molar-refractivity contribution >= 4 is 28.1 Å². The van der Waals surface area contributed by atoms with Gasteiger partial charge in [0.2, 0.25) is 0 Å². The fourth-order valence-electron chi connectivity index (χ4n) is 5.02. The number of ether oxygens (including phenoxy) is 3. The highest BCUT2D eigenvalue weighted by atomic mass is 19.1. The molecular weight excluding hydrogens is 495 g/mol. The largest absolute Gasteiger partial charge is 0.486 e.